The van der Waals surface area contributed by atoms with E-state index in [0.29, 0.717) is 16.5 Å². The second-order valence-corrected chi connectivity index (χ2v) is 7.89. The van der Waals surface area contributed by atoms with E-state index in [1.165, 1.54) is 12.4 Å². The van der Waals surface area contributed by atoms with Gasteiger partial charge in [0.15, 0.2) is 0 Å². The van der Waals surface area contributed by atoms with Crippen molar-refractivity contribution >= 4 is 23.2 Å². The van der Waals surface area contributed by atoms with Crippen molar-refractivity contribution in [2.45, 2.75) is 12.1 Å². The predicted octanol–water partition coefficient (Wildman–Crippen LogP) is 5.63. The maximum absolute atomic E-state index is 15.1. The van der Waals surface area contributed by atoms with Gasteiger partial charge in [0.25, 0.3) is 0 Å². The molecule has 0 fully saturated rings. The molecule has 152 valence electrons. The molecule has 31 heavy (non-hydrogen) atoms. The Labute approximate surface area is 182 Å². The quantitative estimate of drug-likeness (QED) is 0.447. The molecule has 1 aromatic heterocycles. The summed E-state index contributed by atoms with van der Waals surface area (Å²) >= 11 is 6.31. The van der Waals surface area contributed by atoms with Crippen molar-refractivity contribution in [3.8, 4) is 5.75 Å². The van der Waals surface area contributed by atoms with Gasteiger partial charge >= 0.3 is 0 Å². The number of benzene rings is 3. The number of anilines is 1. The van der Waals surface area contributed by atoms with Crippen LogP contribution in [0.2, 0.25) is 5.02 Å². The summed E-state index contributed by atoms with van der Waals surface area (Å²) in [4.78, 5) is 4.36. The van der Waals surface area contributed by atoms with Gasteiger partial charge in [0, 0.05) is 21.7 Å². The largest absolute Gasteiger partial charge is 0.480 e. The van der Waals surface area contributed by atoms with E-state index in [2.05, 4.69) is 15.4 Å². The van der Waals surface area contributed by atoms with E-state index in [1.54, 1.807) is 16.8 Å². The molecule has 2 unspecified atom stereocenters. The number of aromatic nitrogens is 3. The number of hydrogen-bond acceptors (Lipinski definition) is 4. The van der Waals surface area contributed by atoms with Gasteiger partial charge < -0.3 is 10.1 Å². The van der Waals surface area contributed by atoms with E-state index in [-0.39, 0.29) is 5.82 Å². The number of fused-ring (bicyclic) bond motifs is 3. The minimum atomic E-state index is -0.535. The number of nitrogens with zero attached hydrogens (tertiary/aromatic N) is 3. The molecule has 2 aliphatic rings. The molecule has 0 radical (unpaired) electrons. The second-order valence-electron chi connectivity index (χ2n) is 7.46. The first kappa shape index (κ1) is 18.2. The van der Waals surface area contributed by atoms with E-state index in [1.807, 2.05) is 54.6 Å². The summed E-state index contributed by atoms with van der Waals surface area (Å²) < 4.78 is 23.2. The molecular formula is C24H16ClFN4O. The Kier molecular flexibility index (Phi) is 4.07. The number of rotatable bonds is 2. The Morgan fingerprint density at radius 3 is 2.71 bits per heavy atom. The molecule has 2 atom stereocenters. The predicted molar refractivity (Wildman–Crippen MR) is 116 cm³/mol. The topological polar surface area (TPSA) is 52.0 Å². The number of para-hydroxylation sites is 1. The van der Waals surface area contributed by atoms with Crippen molar-refractivity contribution in [2.24, 2.45) is 0 Å². The average Bonchev–Trinajstić information content (AvgIpc) is 3.26. The maximum Gasteiger partial charge on any atom is 0.226 e. The molecular weight excluding hydrogens is 415 g/mol. The van der Waals surface area contributed by atoms with Crippen molar-refractivity contribution in [1.82, 2.24) is 14.8 Å². The van der Waals surface area contributed by atoms with E-state index in [9.17, 15) is 0 Å². The highest BCUT2D eigenvalue weighted by Gasteiger charge is 2.41. The molecule has 6 rings (SSSR count). The molecule has 0 amide bonds. The minimum absolute atomic E-state index is 0.314. The van der Waals surface area contributed by atoms with Gasteiger partial charge in [-0.15, -0.1) is 0 Å². The first-order valence-electron chi connectivity index (χ1n) is 9.87. The fourth-order valence-electron chi connectivity index (χ4n) is 4.36. The van der Waals surface area contributed by atoms with Crippen molar-refractivity contribution in [2.75, 3.05) is 5.32 Å². The van der Waals surface area contributed by atoms with Crippen LogP contribution in [0.4, 0.5) is 10.3 Å². The highest BCUT2D eigenvalue weighted by Crippen LogP contribution is 2.50. The summed E-state index contributed by atoms with van der Waals surface area (Å²) in [5.41, 5.74) is 3.97. The maximum atomic E-state index is 15.1. The lowest BCUT2D eigenvalue weighted by molar-refractivity contribution is 0.222. The van der Waals surface area contributed by atoms with Crippen LogP contribution in [0, 0.1) is 5.82 Å². The minimum Gasteiger partial charge on any atom is -0.480 e. The SMILES string of the molecule is Fc1ccccc1C1C2=C(Nc3ncnn31)c1ccccc1OC2c1cccc(Cl)c1. The first-order valence-corrected chi connectivity index (χ1v) is 10.2. The van der Waals surface area contributed by atoms with Crippen LogP contribution in [0.3, 0.4) is 0 Å². The fraction of sp³-hybridized carbons (Fsp3) is 0.0833. The lowest BCUT2D eigenvalue weighted by atomic mass is 9.84. The van der Waals surface area contributed by atoms with Gasteiger partial charge in [0.2, 0.25) is 5.95 Å². The summed E-state index contributed by atoms with van der Waals surface area (Å²) in [6.07, 6.45) is 0.980. The summed E-state index contributed by atoms with van der Waals surface area (Å²) in [7, 11) is 0. The Morgan fingerprint density at radius 2 is 1.84 bits per heavy atom. The van der Waals surface area contributed by atoms with E-state index in [4.69, 9.17) is 16.3 Å². The zero-order valence-electron chi connectivity index (χ0n) is 16.2. The molecule has 4 aromatic rings. The lowest BCUT2D eigenvalue weighted by Gasteiger charge is -2.39. The van der Waals surface area contributed by atoms with Crippen LogP contribution in [0.1, 0.15) is 28.8 Å². The number of nitrogens with one attached hydrogen (secondary N) is 1. The Morgan fingerprint density at radius 1 is 1.00 bits per heavy atom. The normalized spacial score (nSPS) is 19.0. The molecule has 7 heteroatoms. The molecule has 0 bridgehead atoms. The van der Waals surface area contributed by atoms with Crippen molar-refractivity contribution in [3.05, 3.63) is 112 Å². The third-order valence-electron chi connectivity index (χ3n) is 5.67. The second kappa shape index (κ2) is 6.96. The molecule has 5 nitrogen and oxygen atoms in total. The van der Waals surface area contributed by atoms with E-state index < -0.39 is 12.1 Å². The molecule has 1 N–H and O–H groups in total. The van der Waals surface area contributed by atoms with Crippen LogP contribution in [-0.4, -0.2) is 14.8 Å². The Bertz CT molecular complexity index is 1350. The van der Waals surface area contributed by atoms with E-state index in [0.717, 1.165) is 28.1 Å². The summed E-state index contributed by atoms with van der Waals surface area (Å²) in [6, 6.07) is 21.5. The van der Waals surface area contributed by atoms with Crippen LogP contribution in [0.5, 0.6) is 5.75 Å². The van der Waals surface area contributed by atoms with Crippen LogP contribution in [-0.2, 0) is 0 Å². The highest BCUT2D eigenvalue weighted by atomic mass is 35.5. The molecule has 0 spiro atoms. The van der Waals surface area contributed by atoms with Crippen molar-refractivity contribution < 1.29 is 9.13 Å². The summed E-state index contributed by atoms with van der Waals surface area (Å²) in [6.45, 7) is 0. The molecule has 0 saturated carbocycles. The van der Waals surface area contributed by atoms with Gasteiger partial charge in [-0.25, -0.2) is 9.07 Å². The van der Waals surface area contributed by atoms with Crippen LogP contribution in [0.25, 0.3) is 5.70 Å². The standard InChI is InChI=1S/C24H16ClFN4O/c25-15-7-5-6-14(12-15)23-20-21(17-9-2-4-11-19(17)31-23)29-24-27-13-28-30(24)22(20)16-8-1-3-10-18(16)26/h1-13,22-23H,(H,27,28,29). The third kappa shape index (κ3) is 2.83. The summed E-state index contributed by atoms with van der Waals surface area (Å²) in [5, 5.41) is 8.42. The van der Waals surface area contributed by atoms with Gasteiger partial charge in [-0.3, -0.25) is 0 Å². The smallest absolute Gasteiger partial charge is 0.226 e. The van der Waals surface area contributed by atoms with Gasteiger partial charge in [-0.05, 0) is 35.9 Å². The molecule has 3 aromatic carbocycles. The van der Waals surface area contributed by atoms with Crippen LogP contribution >= 0.6 is 11.6 Å². The summed E-state index contributed by atoms with van der Waals surface area (Å²) in [5.74, 6) is 0.971. The zero-order valence-corrected chi connectivity index (χ0v) is 16.9. The molecule has 2 aliphatic heterocycles. The van der Waals surface area contributed by atoms with E-state index >= 15 is 4.39 Å². The average molecular weight is 431 g/mol. The third-order valence-corrected chi connectivity index (χ3v) is 5.91. The Balaban J connectivity index is 1.66. The first-order chi connectivity index (χ1) is 15.2. The molecule has 0 saturated heterocycles. The monoisotopic (exact) mass is 430 g/mol. The fourth-order valence-corrected chi connectivity index (χ4v) is 4.56. The van der Waals surface area contributed by atoms with Gasteiger partial charge in [0.1, 0.15) is 30.0 Å². The molecule has 0 aliphatic carbocycles. The number of halogens is 2. The van der Waals surface area contributed by atoms with Gasteiger partial charge in [-0.2, -0.15) is 10.1 Å². The van der Waals surface area contributed by atoms with Crippen molar-refractivity contribution in [3.63, 3.8) is 0 Å². The van der Waals surface area contributed by atoms with Crippen LogP contribution < -0.4 is 10.1 Å². The highest BCUT2D eigenvalue weighted by molar-refractivity contribution is 6.30. The van der Waals surface area contributed by atoms with Crippen LogP contribution in [0.15, 0.2) is 84.7 Å². The zero-order chi connectivity index (χ0) is 20.9. The van der Waals surface area contributed by atoms with Gasteiger partial charge in [0.05, 0.1) is 5.70 Å². The van der Waals surface area contributed by atoms with Gasteiger partial charge in [-0.1, -0.05) is 54.1 Å². The molecule has 3 heterocycles. The lowest BCUT2D eigenvalue weighted by Crippen LogP contribution is -2.32. The Hall–Kier alpha value is -3.64. The number of ether oxygens (including phenoxy) is 1. The number of hydrogen-bond donors (Lipinski definition) is 1. The van der Waals surface area contributed by atoms with Crippen molar-refractivity contribution in [1.29, 1.82) is 0 Å².